The number of benzene rings is 2. The summed E-state index contributed by atoms with van der Waals surface area (Å²) in [6.45, 7) is 2.05. The van der Waals surface area contributed by atoms with E-state index in [-0.39, 0.29) is 5.91 Å². The minimum absolute atomic E-state index is 0.183. The van der Waals surface area contributed by atoms with Crippen molar-refractivity contribution >= 4 is 40.0 Å². The number of anilines is 1. The highest BCUT2D eigenvalue weighted by Gasteiger charge is 2.10. The van der Waals surface area contributed by atoms with E-state index in [1.54, 1.807) is 12.1 Å². The summed E-state index contributed by atoms with van der Waals surface area (Å²) >= 11 is 1.14. The second kappa shape index (κ2) is 6.54. The molecule has 136 valence electrons. The third kappa shape index (κ3) is 3.01. The molecule has 2 aromatic carbocycles. The van der Waals surface area contributed by atoms with Gasteiger partial charge in [0.05, 0.1) is 17.4 Å². The number of imidazole rings is 1. The quantitative estimate of drug-likeness (QED) is 0.494. The number of hydrogen-bond donors (Lipinski definition) is 1. The number of aryl methyl sites for hydroxylation is 1. The number of aromatic nitrogens is 4. The van der Waals surface area contributed by atoms with Crippen molar-refractivity contribution in [2.24, 2.45) is 0 Å². The molecule has 0 spiro atoms. The Balaban J connectivity index is 1.43. The van der Waals surface area contributed by atoms with Crippen LogP contribution in [0, 0.1) is 6.92 Å². The summed E-state index contributed by atoms with van der Waals surface area (Å²) in [5.41, 5.74) is 6.65. The molecule has 3 aromatic heterocycles. The van der Waals surface area contributed by atoms with Crippen LogP contribution in [0.25, 0.3) is 27.9 Å². The van der Waals surface area contributed by atoms with E-state index in [0.717, 1.165) is 45.2 Å². The van der Waals surface area contributed by atoms with Crippen molar-refractivity contribution in [2.45, 2.75) is 6.92 Å². The number of pyridine rings is 1. The molecule has 0 aliphatic carbocycles. The summed E-state index contributed by atoms with van der Waals surface area (Å²) in [5.74, 6) is -0.183. The molecule has 0 saturated heterocycles. The molecule has 5 rings (SSSR count). The Morgan fingerprint density at radius 1 is 1.04 bits per heavy atom. The molecule has 3 heterocycles. The zero-order valence-corrected chi connectivity index (χ0v) is 15.8. The number of carbonyl (C=O) groups is 1. The normalized spacial score (nSPS) is 11.2. The van der Waals surface area contributed by atoms with Crippen LogP contribution in [0.1, 0.15) is 15.9 Å². The number of amides is 1. The van der Waals surface area contributed by atoms with Gasteiger partial charge in [-0.25, -0.2) is 4.98 Å². The van der Waals surface area contributed by atoms with Crippen molar-refractivity contribution in [3.05, 3.63) is 78.1 Å². The van der Waals surface area contributed by atoms with Gasteiger partial charge in [-0.1, -0.05) is 12.1 Å². The lowest BCUT2D eigenvalue weighted by Gasteiger charge is -2.06. The molecule has 5 aromatic rings. The number of hydrogen-bond acceptors (Lipinski definition) is 5. The Bertz CT molecular complexity index is 1340. The van der Waals surface area contributed by atoms with Gasteiger partial charge in [0, 0.05) is 29.2 Å². The maximum atomic E-state index is 12.6. The van der Waals surface area contributed by atoms with Crippen LogP contribution in [-0.4, -0.2) is 24.0 Å². The summed E-state index contributed by atoms with van der Waals surface area (Å²) in [7, 11) is 0. The number of nitrogens with one attached hydrogen (secondary N) is 1. The van der Waals surface area contributed by atoms with Crippen LogP contribution >= 0.6 is 11.7 Å². The van der Waals surface area contributed by atoms with Gasteiger partial charge in [0.15, 0.2) is 0 Å². The number of fused-ring (bicyclic) bond motifs is 2. The summed E-state index contributed by atoms with van der Waals surface area (Å²) < 4.78 is 10.3. The zero-order chi connectivity index (χ0) is 19.1. The summed E-state index contributed by atoms with van der Waals surface area (Å²) in [4.78, 5) is 17.3. The molecule has 0 bridgehead atoms. The van der Waals surface area contributed by atoms with Crippen LogP contribution < -0.4 is 5.32 Å². The van der Waals surface area contributed by atoms with Gasteiger partial charge in [0.2, 0.25) is 0 Å². The van der Waals surface area contributed by atoms with Gasteiger partial charge in [0.1, 0.15) is 16.7 Å². The Labute approximate surface area is 164 Å². The van der Waals surface area contributed by atoms with Crippen molar-refractivity contribution < 1.29 is 4.79 Å². The summed E-state index contributed by atoms with van der Waals surface area (Å²) in [5, 5.41) is 2.95. The number of nitrogens with zero attached hydrogens (tertiary/aromatic N) is 4. The van der Waals surface area contributed by atoms with Gasteiger partial charge in [-0.15, -0.1) is 0 Å². The summed E-state index contributed by atoms with van der Waals surface area (Å²) in [6, 6.07) is 17.1. The molecule has 0 atom stereocenters. The van der Waals surface area contributed by atoms with E-state index in [1.165, 1.54) is 0 Å². The highest BCUT2D eigenvalue weighted by Crippen LogP contribution is 2.23. The van der Waals surface area contributed by atoms with Gasteiger partial charge in [-0.05, 0) is 55.0 Å². The van der Waals surface area contributed by atoms with Crippen molar-refractivity contribution in [1.29, 1.82) is 0 Å². The van der Waals surface area contributed by atoms with Gasteiger partial charge in [-0.3, -0.25) is 4.79 Å². The topological polar surface area (TPSA) is 72.2 Å². The molecular formula is C21H15N5OS. The van der Waals surface area contributed by atoms with E-state index < -0.39 is 0 Å². The van der Waals surface area contributed by atoms with Crippen molar-refractivity contribution in [2.75, 3.05) is 5.32 Å². The van der Waals surface area contributed by atoms with E-state index in [1.807, 2.05) is 66.2 Å². The highest BCUT2D eigenvalue weighted by molar-refractivity contribution is 7.00. The molecule has 6 nitrogen and oxygen atoms in total. The van der Waals surface area contributed by atoms with E-state index in [0.29, 0.717) is 11.3 Å². The van der Waals surface area contributed by atoms with E-state index in [9.17, 15) is 4.79 Å². The van der Waals surface area contributed by atoms with E-state index in [4.69, 9.17) is 0 Å². The molecule has 0 aliphatic rings. The van der Waals surface area contributed by atoms with Gasteiger partial charge in [0.25, 0.3) is 5.91 Å². The monoisotopic (exact) mass is 385 g/mol. The fraction of sp³-hybridized carbons (Fsp3) is 0.0476. The lowest BCUT2D eigenvalue weighted by Crippen LogP contribution is -2.11. The first kappa shape index (κ1) is 16.6. The van der Waals surface area contributed by atoms with Crippen LogP contribution in [0.15, 0.2) is 67.0 Å². The van der Waals surface area contributed by atoms with Crippen LogP contribution in [0.4, 0.5) is 5.69 Å². The maximum absolute atomic E-state index is 12.6. The molecule has 0 aliphatic heterocycles. The molecule has 0 unspecified atom stereocenters. The van der Waals surface area contributed by atoms with Gasteiger partial charge >= 0.3 is 0 Å². The molecule has 0 saturated carbocycles. The van der Waals surface area contributed by atoms with Crippen molar-refractivity contribution in [3.8, 4) is 11.3 Å². The zero-order valence-electron chi connectivity index (χ0n) is 15.0. The molecule has 0 radical (unpaired) electrons. The molecule has 0 fully saturated rings. The third-order valence-electron chi connectivity index (χ3n) is 4.55. The van der Waals surface area contributed by atoms with Crippen LogP contribution in [0.3, 0.4) is 0 Å². The lowest BCUT2D eigenvalue weighted by molar-refractivity contribution is 0.102. The Kier molecular flexibility index (Phi) is 3.87. The van der Waals surface area contributed by atoms with Crippen LogP contribution in [-0.2, 0) is 0 Å². The van der Waals surface area contributed by atoms with Crippen LogP contribution in [0.2, 0.25) is 0 Å². The fourth-order valence-corrected chi connectivity index (χ4v) is 3.62. The van der Waals surface area contributed by atoms with E-state index in [2.05, 4.69) is 19.0 Å². The number of carbonyl (C=O) groups excluding carboxylic acids is 1. The molecule has 1 N–H and O–H groups in total. The largest absolute Gasteiger partial charge is 0.322 e. The average Bonchev–Trinajstić information content (AvgIpc) is 3.33. The first-order valence-corrected chi connectivity index (χ1v) is 9.48. The first-order valence-electron chi connectivity index (χ1n) is 8.75. The standard InChI is InChI=1S/C21H15N5OS/c1-13-7-8-26-12-19(23-20(26)9-13)14-3-2-4-16(10-14)22-21(27)15-5-6-17-18(11-15)25-28-24-17/h2-12H,1H3,(H,22,27). The third-order valence-corrected chi connectivity index (χ3v) is 5.10. The van der Waals surface area contributed by atoms with Crippen LogP contribution in [0.5, 0.6) is 0 Å². The fourth-order valence-electron chi connectivity index (χ4n) is 3.11. The minimum atomic E-state index is -0.183. The van der Waals surface area contributed by atoms with E-state index >= 15 is 0 Å². The van der Waals surface area contributed by atoms with Gasteiger partial charge in [-0.2, -0.15) is 8.75 Å². The second-order valence-corrected chi connectivity index (χ2v) is 7.13. The Morgan fingerprint density at radius 3 is 2.86 bits per heavy atom. The second-order valence-electron chi connectivity index (χ2n) is 6.60. The van der Waals surface area contributed by atoms with Crippen molar-refractivity contribution in [1.82, 2.24) is 18.1 Å². The van der Waals surface area contributed by atoms with Gasteiger partial charge < -0.3 is 9.72 Å². The molecule has 7 heteroatoms. The predicted molar refractivity (Wildman–Crippen MR) is 111 cm³/mol. The van der Waals surface area contributed by atoms with Crippen molar-refractivity contribution in [3.63, 3.8) is 0 Å². The molecule has 28 heavy (non-hydrogen) atoms. The smallest absolute Gasteiger partial charge is 0.255 e. The summed E-state index contributed by atoms with van der Waals surface area (Å²) in [6.07, 6.45) is 3.98. The predicted octanol–water partition coefficient (Wildman–Crippen LogP) is 4.57. The Hall–Kier alpha value is -3.58. The first-order chi connectivity index (χ1) is 13.7. The highest BCUT2D eigenvalue weighted by atomic mass is 32.1. The maximum Gasteiger partial charge on any atom is 0.255 e. The average molecular weight is 385 g/mol. The lowest BCUT2D eigenvalue weighted by atomic mass is 10.1. The molecular weight excluding hydrogens is 370 g/mol. The SMILES string of the molecule is Cc1ccn2cc(-c3cccc(NC(=O)c4ccc5nsnc5c4)c3)nc2c1. The number of rotatable bonds is 3. The minimum Gasteiger partial charge on any atom is -0.322 e. The Morgan fingerprint density at radius 2 is 1.93 bits per heavy atom. The molecule has 1 amide bonds.